The molecular formula is C13H18O3. The van der Waals surface area contributed by atoms with E-state index in [1.807, 2.05) is 25.1 Å². The molecule has 0 atom stereocenters. The number of ether oxygens (including phenoxy) is 2. The van der Waals surface area contributed by atoms with Gasteiger partial charge in [-0.15, -0.1) is 0 Å². The van der Waals surface area contributed by atoms with Crippen LogP contribution in [-0.4, -0.2) is 11.8 Å². The Kier molecular flexibility index (Phi) is 3.93. The summed E-state index contributed by atoms with van der Waals surface area (Å²) in [6.45, 7) is 7.43. The van der Waals surface area contributed by atoms with Crippen molar-refractivity contribution in [3.05, 3.63) is 29.8 Å². The summed E-state index contributed by atoms with van der Waals surface area (Å²) in [6.07, 6.45) is 0.160. The van der Waals surface area contributed by atoms with Gasteiger partial charge in [-0.25, -0.2) is 4.79 Å². The molecule has 0 N–H and O–H groups in total. The van der Waals surface area contributed by atoms with Crippen molar-refractivity contribution in [1.82, 2.24) is 0 Å². The van der Waals surface area contributed by atoms with Crippen molar-refractivity contribution in [3.63, 3.8) is 0 Å². The fourth-order valence-electron chi connectivity index (χ4n) is 1.26. The summed E-state index contributed by atoms with van der Waals surface area (Å²) < 4.78 is 10.2. The van der Waals surface area contributed by atoms with Crippen LogP contribution in [0.3, 0.4) is 0 Å². The van der Waals surface area contributed by atoms with Gasteiger partial charge in [-0.1, -0.05) is 25.1 Å². The molecule has 16 heavy (non-hydrogen) atoms. The lowest BCUT2D eigenvalue weighted by Crippen LogP contribution is -2.26. The summed E-state index contributed by atoms with van der Waals surface area (Å²) in [5, 5.41) is 0. The van der Waals surface area contributed by atoms with Gasteiger partial charge in [0, 0.05) is 0 Å². The molecular weight excluding hydrogens is 204 g/mol. The molecule has 88 valence electrons. The third kappa shape index (κ3) is 3.93. The van der Waals surface area contributed by atoms with E-state index in [1.165, 1.54) is 0 Å². The Hall–Kier alpha value is -1.51. The van der Waals surface area contributed by atoms with Crippen molar-refractivity contribution in [2.24, 2.45) is 0 Å². The number of rotatable bonds is 2. The van der Waals surface area contributed by atoms with Gasteiger partial charge in [0.2, 0.25) is 0 Å². The first-order valence-electron chi connectivity index (χ1n) is 5.41. The predicted molar refractivity (Wildman–Crippen MR) is 62.7 cm³/mol. The molecule has 0 fully saturated rings. The van der Waals surface area contributed by atoms with Crippen LogP contribution in [0.1, 0.15) is 33.3 Å². The van der Waals surface area contributed by atoms with E-state index in [0.717, 1.165) is 12.0 Å². The summed E-state index contributed by atoms with van der Waals surface area (Å²) in [5.41, 5.74) is 0.464. The first-order valence-corrected chi connectivity index (χ1v) is 5.41. The van der Waals surface area contributed by atoms with Gasteiger partial charge >= 0.3 is 6.16 Å². The van der Waals surface area contributed by atoms with Gasteiger partial charge in [0.05, 0.1) is 0 Å². The highest BCUT2D eigenvalue weighted by Crippen LogP contribution is 2.19. The molecule has 0 amide bonds. The van der Waals surface area contributed by atoms with Crippen molar-refractivity contribution >= 4 is 6.16 Å². The number of carbonyl (C=O) groups excluding carboxylic acids is 1. The maximum atomic E-state index is 11.5. The van der Waals surface area contributed by atoms with Crippen LogP contribution in [-0.2, 0) is 11.2 Å². The molecule has 0 radical (unpaired) electrons. The van der Waals surface area contributed by atoms with Crippen LogP contribution in [0, 0.1) is 0 Å². The molecule has 0 heterocycles. The van der Waals surface area contributed by atoms with Crippen LogP contribution >= 0.6 is 0 Å². The summed E-state index contributed by atoms with van der Waals surface area (Å²) in [7, 11) is 0. The van der Waals surface area contributed by atoms with E-state index in [1.54, 1.807) is 26.8 Å². The van der Waals surface area contributed by atoms with E-state index in [-0.39, 0.29) is 0 Å². The largest absolute Gasteiger partial charge is 0.514 e. The van der Waals surface area contributed by atoms with Gasteiger partial charge < -0.3 is 9.47 Å². The van der Waals surface area contributed by atoms with Crippen molar-refractivity contribution in [1.29, 1.82) is 0 Å². The lowest BCUT2D eigenvalue weighted by molar-refractivity contribution is 0.0204. The molecule has 1 aromatic rings. The first kappa shape index (κ1) is 12.6. The second-order valence-corrected chi connectivity index (χ2v) is 4.53. The number of aryl methyl sites for hydroxylation is 1. The van der Waals surface area contributed by atoms with E-state index in [9.17, 15) is 4.79 Å². The van der Waals surface area contributed by atoms with Crippen LogP contribution < -0.4 is 4.74 Å². The second kappa shape index (κ2) is 5.01. The van der Waals surface area contributed by atoms with E-state index < -0.39 is 11.8 Å². The van der Waals surface area contributed by atoms with Crippen molar-refractivity contribution in [3.8, 4) is 5.75 Å². The zero-order valence-electron chi connectivity index (χ0n) is 10.2. The maximum absolute atomic E-state index is 11.5. The summed E-state index contributed by atoms with van der Waals surface area (Å²) >= 11 is 0. The van der Waals surface area contributed by atoms with Gasteiger partial charge in [-0.2, -0.15) is 0 Å². The Morgan fingerprint density at radius 1 is 1.25 bits per heavy atom. The summed E-state index contributed by atoms with van der Waals surface area (Å²) in [4.78, 5) is 11.5. The molecule has 0 unspecified atom stereocenters. The topological polar surface area (TPSA) is 35.5 Å². The number of hydrogen-bond acceptors (Lipinski definition) is 3. The van der Waals surface area contributed by atoms with E-state index in [4.69, 9.17) is 9.47 Å². The minimum atomic E-state index is -0.659. The lowest BCUT2D eigenvalue weighted by atomic mass is 10.1. The minimum Gasteiger partial charge on any atom is -0.428 e. The first-order chi connectivity index (χ1) is 7.42. The zero-order chi connectivity index (χ0) is 12.2. The summed E-state index contributed by atoms with van der Waals surface area (Å²) in [5.74, 6) is 0.569. The Morgan fingerprint density at radius 2 is 1.88 bits per heavy atom. The monoisotopic (exact) mass is 222 g/mol. The van der Waals surface area contributed by atoms with Crippen molar-refractivity contribution in [2.45, 2.75) is 39.7 Å². The van der Waals surface area contributed by atoms with Gasteiger partial charge in [0.1, 0.15) is 11.4 Å². The molecule has 0 bridgehead atoms. The molecule has 1 aromatic carbocycles. The average molecular weight is 222 g/mol. The Labute approximate surface area is 96.4 Å². The normalized spacial score (nSPS) is 11.0. The fraction of sp³-hybridized carbons (Fsp3) is 0.462. The molecule has 0 spiro atoms. The number of carbonyl (C=O) groups is 1. The predicted octanol–water partition coefficient (Wildman–Crippen LogP) is 3.56. The highest BCUT2D eigenvalue weighted by molar-refractivity contribution is 5.65. The van der Waals surface area contributed by atoms with Crippen molar-refractivity contribution < 1.29 is 14.3 Å². The Bertz CT molecular complexity index is 364. The van der Waals surface area contributed by atoms with Gasteiger partial charge in [-0.05, 0) is 38.8 Å². The van der Waals surface area contributed by atoms with Gasteiger partial charge in [0.15, 0.2) is 0 Å². The lowest BCUT2D eigenvalue weighted by Gasteiger charge is -2.19. The Balaban J connectivity index is 2.70. The van der Waals surface area contributed by atoms with Gasteiger partial charge in [0.25, 0.3) is 0 Å². The van der Waals surface area contributed by atoms with Crippen LogP contribution in [0.25, 0.3) is 0 Å². The van der Waals surface area contributed by atoms with Crippen molar-refractivity contribution in [2.75, 3.05) is 0 Å². The molecule has 0 aliphatic carbocycles. The SMILES string of the molecule is CCc1ccccc1OC(=O)OC(C)(C)C. The van der Waals surface area contributed by atoms with Gasteiger partial charge in [-0.3, -0.25) is 0 Å². The van der Waals surface area contributed by atoms with E-state index in [0.29, 0.717) is 5.75 Å². The molecule has 0 saturated carbocycles. The number of hydrogen-bond donors (Lipinski definition) is 0. The summed E-state index contributed by atoms with van der Waals surface area (Å²) in [6, 6.07) is 7.45. The number of benzene rings is 1. The smallest absolute Gasteiger partial charge is 0.428 e. The number of para-hydroxylation sites is 1. The standard InChI is InChI=1S/C13H18O3/c1-5-10-8-6-7-9-11(10)15-12(14)16-13(2,3)4/h6-9H,5H2,1-4H3. The molecule has 0 aromatic heterocycles. The average Bonchev–Trinajstić information content (AvgIpc) is 2.15. The van der Waals surface area contributed by atoms with Crippen LogP contribution in [0.5, 0.6) is 5.75 Å². The molecule has 0 aliphatic rings. The van der Waals surface area contributed by atoms with Crippen LogP contribution in [0.15, 0.2) is 24.3 Å². The third-order valence-corrected chi connectivity index (χ3v) is 1.94. The quantitative estimate of drug-likeness (QED) is 0.567. The maximum Gasteiger partial charge on any atom is 0.514 e. The highest BCUT2D eigenvalue weighted by atomic mass is 16.7. The molecule has 3 heteroatoms. The fourth-order valence-corrected chi connectivity index (χ4v) is 1.26. The zero-order valence-corrected chi connectivity index (χ0v) is 10.2. The van der Waals surface area contributed by atoms with Crippen LogP contribution in [0.2, 0.25) is 0 Å². The minimum absolute atomic E-state index is 0.530. The molecule has 3 nitrogen and oxygen atoms in total. The third-order valence-electron chi connectivity index (χ3n) is 1.94. The molecule has 1 rings (SSSR count). The van der Waals surface area contributed by atoms with E-state index in [2.05, 4.69) is 0 Å². The second-order valence-electron chi connectivity index (χ2n) is 4.53. The molecule has 0 saturated heterocycles. The van der Waals surface area contributed by atoms with Crippen LogP contribution in [0.4, 0.5) is 4.79 Å². The van der Waals surface area contributed by atoms with E-state index >= 15 is 0 Å². The Morgan fingerprint density at radius 3 is 2.44 bits per heavy atom. The highest BCUT2D eigenvalue weighted by Gasteiger charge is 2.18. The molecule has 0 aliphatic heterocycles.